The van der Waals surface area contributed by atoms with Crippen molar-refractivity contribution in [3.8, 4) is 0 Å². The lowest BCUT2D eigenvalue weighted by Gasteiger charge is -2.05. The summed E-state index contributed by atoms with van der Waals surface area (Å²) in [6.07, 6.45) is 2.85. The van der Waals surface area contributed by atoms with Crippen LogP contribution in [0.4, 0.5) is 9.93 Å². The van der Waals surface area contributed by atoms with Gasteiger partial charge in [0, 0.05) is 11.4 Å². The van der Waals surface area contributed by atoms with Crippen molar-refractivity contribution in [2.75, 3.05) is 18.1 Å². The number of amides is 2. The van der Waals surface area contributed by atoms with Crippen LogP contribution in [-0.4, -0.2) is 23.8 Å². The summed E-state index contributed by atoms with van der Waals surface area (Å²) in [7, 11) is 0. The Hall–Kier alpha value is -2.05. The first-order chi connectivity index (χ1) is 11.2. The molecule has 0 aliphatic rings. The molecule has 0 saturated heterocycles. The fraction of sp³-hybridized carbons (Fsp3) is 0.176. The fourth-order valence-electron chi connectivity index (χ4n) is 2.19. The van der Waals surface area contributed by atoms with E-state index in [-0.39, 0.29) is 6.03 Å². The van der Waals surface area contributed by atoms with Crippen molar-refractivity contribution < 1.29 is 4.79 Å². The number of hydrogen-bond acceptors (Lipinski definition) is 4. The van der Waals surface area contributed by atoms with Crippen LogP contribution < -0.4 is 10.6 Å². The van der Waals surface area contributed by atoms with Crippen molar-refractivity contribution in [1.82, 2.24) is 10.3 Å². The third kappa shape index (κ3) is 4.24. The second-order valence-electron chi connectivity index (χ2n) is 4.97. The Balaban J connectivity index is 1.55. The van der Waals surface area contributed by atoms with Crippen molar-refractivity contribution in [3.63, 3.8) is 0 Å². The van der Waals surface area contributed by atoms with Gasteiger partial charge in [-0.05, 0) is 36.4 Å². The van der Waals surface area contributed by atoms with Gasteiger partial charge in [-0.2, -0.15) is 0 Å². The maximum absolute atomic E-state index is 11.9. The van der Waals surface area contributed by atoms with Crippen LogP contribution in [0.2, 0.25) is 0 Å². The number of urea groups is 1. The average Bonchev–Trinajstić information content (AvgIpc) is 2.96. The molecule has 2 N–H and O–H groups in total. The Bertz CT molecular complexity index is 802. The van der Waals surface area contributed by atoms with Gasteiger partial charge in [0.25, 0.3) is 0 Å². The molecule has 0 fully saturated rings. The number of fused-ring (bicyclic) bond motifs is 1. The lowest BCUT2D eigenvalue weighted by molar-refractivity contribution is 0.252. The number of benzene rings is 2. The first kappa shape index (κ1) is 15.8. The van der Waals surface area contributed by atoms with E-state index in [0.29, 0.717) is 11.7 Å². The summed E-state index contributed by atoms with van der Waals surface area (Å²) in [6.45, 7) is 0.595. The summed E-state index contributed by atoms with van der Waals surface area (Å²) in [5, 5.41) is 6.29. The molecule has 118 valence electrons. The molecule has 0 atom stereocenters. The largest absolute Gasteiger partial charge is 0.337 e. The number of carbonyl (C=O) groups is 1. The van der Waals surface area contributed by atoms with Crippen LogP contribution >= 0.6 is 23.1 Å². The Morgan fingerprint density at radius 3 is 2.83 bits per heavy atom. The summed E-state index contributed by atoms with van der Waals surface area (Å²) >= 11 is 3.18. The number of anilines is 1. The van der Waals surface area contributed by atoms with Crippen molar-refractivity contribution in [2.45, 2.75) is 11.3 Å². The highest BCUT2D eigenvalue weighted by Crippen LogP contribution is 2.29. The van der Waals surface area contributed by atoms with Gasteiger partial charge < -0.3 is 5.32 Å². The SMILES string of the molecule is CSc1ccc2nc(NC(=O)NCCc3ccccc3)sc2c1. The van der Waals surface area contributed by atoms with Crippen molar-refractivity contribution in [2.24, 2.45) is 0 Å². The number of thioether (sulfide) groups is 1. The molecule has 0 radical (unpaired) electrons. The smallest absolute Gasteiger partial charge is 0.321 e. The number of nitrogens with zero attached hydrogens (tertiary/aromatic N) is 1. The Morgan fingerprint density at radius 2 is 2.04 bits per heavy atom. The second kappa shape index (κ2) is 7.48. The second-order valence-corrected chi connectivity index (χ2v) is 6.88. The van der Waals surface area contributed by atoms with Gasteiger partial charge in [0.1, 0.15) is 0 Å². The van der Waals surface area contributed by atoms with Crippen LogP contribution in [0.3, 0.4) is 0 Å². The highest BCUT2D eigenvalue weighted by atomic mass is 32.2. The van der Waals surface area contributed by atoms with Crippen LogP contribution in [0.15, 0.2) is 53.4 Å². The molecule has 4 nitrogen and oxygen atoms in total. The molecule has 6 heteroatoms. The molecular weight excluding hydrogens is 326 g/mol. The first-order valence-electron chi connectivity index (χ1n) is 7.28. The van der Waals surface area contributed by atoms with E-state index >= 15 is 0 Å². The van der Waals surface area contributed by atoms with E-state index in [1.165, 1.54) is 21.8 Å². The van der Waals surface area contributed by atoms with Gasteiger partial charge in [0.05, 0.1) is 10.2 Å². The van der Waals surface area contributed by atoms with Crippen molar-refractivity contribution in [1.29, 1.82) is 0 Å². The molecule has 3 rings (SSSR count). The van der Waals surface area contributed by atoms with E-state index in [1.54, 1.807) is 11.8 Å². The summed E-state index contributed by atoms with van der Waals surface area (Å²) in [5.74, 6) is 0. The molecule has 3 aromatic rings. The molecule has 23 heavy (non-hydrogen) atoms. The van der Waals surface area contributed by atoms with Gasteiger partial charge in [-0.15, -0.1) is 11.8 Å². The maximum Gasteiger partial charge on any atom is 0.321 e. The minimum atomic E-state index is -0.218. The van der Waals surface area contributed by atoms with Gasteiger partial charge in [0.15, 0.2) is 5.13 Å². The molecule has 2 amide bonds. The zero-order chi connectivity index (χ0) is 16.1. The molecule has 2 aromatic carbocycles. The van der Waals surface area contributed by atoms with Gasteiger partial charge in [0.2, 0.25) is 0 Å². The zero-order valence-corrected chi connectivity index (χ0v) is 14.3. The molecule has 0 aliphatic heterocycles. The normalized spacial score (nSPS) is 10.7. The van der Waals surface area contributed by atoms with Crippen LogP contribution in [0.25, 0.3) is 10.2 Å². The van der Waals surface area contributed by atoms with Gasteiger partial charge in [-0.1, -0.05) is 41.7 Å². The van der Waals surface area contributed by atoms with E-state index in [9.17, 15) is 4.79 Å². The minimum absolute atomic E-state index is 0.218. The monoisotopic (exact) mass is 343 g/mol. The van der Waals surface area contributed by atoms with Crippen LogP contribution in [0.1, 0.15) is 5.56 Å². The van der Waals surface area contributed by atoms with Crippen LogP contribution in [-0.2, 0) is 6.42 Å². The third-order valence-corrected chi connectivity index (χ3v) is 5.02. The quantitative estimate of drug-likeness (QED) is 0.676. The van der Waals surface area contributed by atoms with E-state index in [0.717, 1.165) is 16.6 Å². The first-order valence-corrected chi connectivity index (χ1v) is 9.32. The van der Waals surface area contributed by atoms with E-state index in [2.05, 4.69) is 33.8 Å². The van der Waals surface area contributed by atoms with Gasteiger partial charge in [-0.25, -0.2) is 9.78 Å². The summed E-state index contributed by atoms with van der Waals surface area (Å²) in [5.41, 5.74) is 2.12. The molecule has 1 heterocycles. The average molecular weight is 343 g/mol. The molecular formula is C17H17N3OS2. The predicted octanol–water partition coefficient (Wildman–Crippen LogP) is 4.38. The Morgan fingerprint density at radius 1 is 1.22 bits per heavy atom. The third-order valence-electron chi connectivity index (χ3n) is 3.36. The fourth-order valence-corrected chi connectivity index (χ4v) is 3.61. The molecule has 0 aliphatic carbocycles. The Labute approximate surface area is 143 Å². The lowest BCUT2D eigenvalue weighted by atomic mass is 10.1. The topological polar surface area (TPSA) is 54.0 Å². The maximum atomic E-state index is 11.9. The number of aromatic nitrogens is 1. The van der Waals surface area contributed by atoms with Crippen molar-refractivity contribution >= 4 is 44.5 Å². The summed E-state index contributed by atoms with van der Waals surface area (Å²) in [6, 6.07) is 16.0. The van der Waals surface area contributed by atoms with Gasteiger partial charge >= 0.3 is 6.03 Å². The Kier molecular flexibility index (Phi) is 5.15. The van der Waals surface area contributed by atoms with Gasteiger partial charge in [-0.3, -0.25) is 5.32 Å². The van der Waals surface area contributed by atoms with E-state index < -0.39 is 0 Å². The number of thiazole rings is 1. The molecule has 1 aromatic heterocycles. The van der Waals surface area contributed by atoms with E-state index in [1.807, 2.05) is 36.6 Å². The minimum Gasteiger partial charge on any atom is -0.337 e. The predicted molar refractivity (Wildman–Crippen MR) is 98.6 cm³/mol. The highest BCUT2D eigenvalue weighted by Gasteiger charge is 2.08. The van der Waals surface area contributed by atoms with Crippen molar-refractivity contribution in [3.05, 3.63) is 54.1 Å². The lowest BCUT2D eigenvalue weighted by Crippen LogP contribution is -2.30. The van der Waals surface area contributed by atoms with Crippen LogP contribution in [0.5, 0.6) is 0 Å². The molecule has 0 unspecified atom stereocenters. The number of hydrogen-bond donors (Lipinski definition) is 2. The number of rotatable bonds is 5. The standard InChI is InChI=1S/C17H17N3OS2/c1-22-13-7-8-14-15(11-13)23-17(19-14)20-16(21)18-10-9-12-5-3-2-4-6-12/h2-8,11H,9-10H2,1H3,(H2,18,19,20,21). The zero-order valence-electron chi connectivity index (χ0n) is 12.7. The molecule has 0 saturated carbocycles. The molecule has 0 bridgehead atoms. The molecule has 0 spiro atoms. The summed E-state index contributed by atoms with van der Waals surface area (Å²) < 4.78 is 1.08. The number of carbonyl (C=O) groups excluding carboxylic acids is 1. The number of nitrogens with one attached hydrogen (secondary N) is 2. The highest BCUT2D eigenvalue weighted by molar-refractivity contribution is 7.98. The van der Waals surface area contributed by atoms with Crippen LogP contribution in [0, 0.1) is 0 Å². The summed E-state index contributed by atoms with van der Waals surface area (Å²) in [4.78, 5) is 17.6. The van der Waals surface area contributed by atoms with E-state index in [4.69, 9.17) is 0 Å².